The highest BCUT2D eigenvalue weighted by molar-refractivity contribution is 5.95. The van der Waals surface area contributed by atoms with Crippen molar-refractivity contribution in [3.63, 3.8) is 0 Å². The summed E-state index contributed by atoms with van der Waals surface area (Å²) in [5.41, 5.74) is 6.47. The Morgan fingerprint density at radius 2 is 2.05 bits per heavy atom. The van der Waals surface area contributed by atoms with Crippen molar-refractivity contribution < 1.29 is 9.53 Å². The molecule has 6 nitrogen and oxygen atoms in total. The van der Waals surface area contributed by atoms with E-state index in [4.69, 9.17) is 10.5 Å². The van der Waals surface area contributed by atoms with Crippen LogP contribution in [0.2, 0.25) is 0 Å². The molecule has 2 N–H and O–H groups in total. The minimum atomic E-state index is -0.435. The second-order valence-electron chi connectivity index (χ2n) is 4.91. The Morgan fingerprint density at radius 3 is 2.60 bits per heavy atom. The average Bonchev–Trinajstić information content (AvgIpc) is 2.43. The standard InChI is InChI=1S/C14H24N4O2/c1-5-6-18(8-7-17(2)3)13-9-11(14(19)20-4)12(15)10-16-13/h9-10H,5-8,15H2,1-4H3. The van der Waals surface area contributed by atoms with E-state index in [0.29, 0.717) is 11.3 Å². The van der Waals surface area contributed by atoms with Gasteiger partial charge in [0.25, 0.3) is 0 Å². The molecule has 0 bridgehead atoms. The highest BCUT2D eigenvalue weighted by atomic mass is 16.5. The van der Waals surface area contributed by atoms with Crippen LogP contribution < -0.4 is 10.6 Å². The summed E-state index contributed by atoms with van der Waals surface area (Å²) in [4.78, 5) is 20.3. The second kappa shape index (κ2) is 7.69. The third-order valence-corrected chi connectivity index (χ3v) is 2.96. The molecule has 0 aliphatic heterocycles. The second-order valence-corrected chi connectivity index (χ2v) is 4.91. The summed E-state index contributed by atoms with van der Waals surface area (Å²) >= 11 is 0. The summed E-state index contributed by atoms with van der Waals surface area (Å²) in [6.45, 7) is 4.75. The maximum absolute atomic E-state index is 11.7. The summed E-state index contributed by atoms with van der Waals surface area (Å²) in [5, 5.41) is 0. The lowest BCUT2D eigenvalue weighted by molar-refractivity contribution is 0.0602. The van der Waals surface area contributed by atoms with Crippen LogP contribution in [0, 0.1) is 0 Å². The summed E-state index contributed by atoms with van der Waals surface area (Å²) in [5.74, 6) is 0.318. The zero-order valence-corrected chi connectivity index (χ0v) is 12.7. The average molecular weight is 280 g/mol. The van der Waals surface area contributed by atoms with E-state index in [0.717, 1.165) is 31.9 Å². The minimum absolute atomic E-state index is 0.338. The van der Waals surface area contributed by atoms with Gasteiger partial charge < -0.3 is 20.3 Å². The number of hydrogen-bond acceptors (Lipinski definition) is 6. The van der Waals surface area contributed by atoms with Crippen molar-refractivity contribution in [1.82, 2.24) is 9.88 Å². The third-order valence-electron chi connectivity index (χ3n) is 2.96. The Bertz CT molecular complexity index is 449. The van der Waals surface area contributed by atoms with Crippen LogP contribution >= 0.6 is 0 Å². The number of anilines is 2. The number of carbonyl (C=O) groups is 1. The molecule has 20 heavy (non-hydrogen) atoms. The number of carbonyl (C=O) groups excluding carboxylic acids is 1. The summed E-state index contributed by atoms with van der Waals surface area (Å²) in [7, 11) is 5.40. The molecule has 0 unspecified atom stereocenters. The van der Waals surface area contributed by atoms with Crippen molar-refractivity contribution in [3.8, 4) is 0 Å². The number of nitrogens with zero attached hydrogens (tertiary/aromatic N) is 3. The van der Waals surface area contributed by atoms with Crippen LogP contribution in [0.25, 0.3) is 0 Å². The van der Waals surface area contributed by atoms with E-state index in [1.165, 1.54) is 13.3 Å². The molecule has 112 valence electrons. The number of aromatic nitrogens is 1. The highest BCUT2D eigenvalue weighted by Gasteiger charge is 2.15. The molecule has 0 amide bonds. The first-order chi connectivity index (χ1) is 9.49. The topological polar surface area (TPSA) is 71.7 Å². The molecule has 1 aromatic heterocycles. The molecule has 1 aromatic rings. The number of nitrogen functional groups attached to an aromatic ring is 1. The lowest BCUT2D eigenvalue weighted by atomic mass is 10.2. The van der Waals surface area contributed by atoms with Gasteiger partial charge in [0.2, 0.25) is 0 Å². The molecule has 0 radical (unpaired) electrons. The lowest BCUT2D eigenvalue weighted by Crippen LogP contribution is -2.33. The zero-order valence-electron chi connectivity index (χ0n) is 12.7. The quantitative estimate of drug-likeness (QED) is 0.757. The van der Waals surface area contributed by atoms with Gasteiger partial charge in [-0.3, -0.25) is 0 Å². The third kappa shape index (κ3) is 4.38. The van der Waals surface area contributed by atoms with Crippen molar-refractivity contribution in [2.45, 2.75) is 13.3 Å². The molecule has 0 saturated heterocycles. The Kier molecular flexibility index (Phi) is 6.24. The van der Waals surface area contributed by atoms with Gasteiger partial charge in [-0.2, -0.15) is 0 Å². The Labute approximate surface area is 120 Å². The molecule has 0 aliphatic rings. The number of esters is 1. The highest BCUT2D eigenvalue weighted by Crippen LogP contribution is 2.19. The van der Waals surface area contributed by atoms with E-state index in [1.54, 1.807) is 6.07 Å². The molecule has 0 aliphatic carbocycles. The van der Waals surface area contributed by atoms with Crippen LogP contribution in [0.1, 0.15) is 23.7 Å². The molecule has 0 spiro atoms. The zero-order chi connectivity index (χ0) is 15.1. The smallest absolute Gasteiger partial charge is 0.340 e. The monoisotopic (exact) mass is 280 g/mol. The van der Waals surface area contributed by atoms with Gasteiger partial charge in [-0.1, -0.05) is 6.92 Å². The van der Waals surface area contributed by atoms with E-state index in [2.05, 4.69) is 21.7 Å². The summed E-state index contributed by atoms with van der Waals surface area (Å²) < 4.78 is 4.74. The van der Waals surface area contributed by atoms with Crippen LogP contribution in [-0.2, 0) is 4.74 Å². The molecule has 0 aromatic carbocycles. The van der Waals surface area contributed by atoms with Crippen LogP contribution in [0.5, 0.6) is 0 Å². The van der Waals surface area contributed by atoms with Crippen molar-refractivity contribution in [2.75, 3.05) is 51.5 Å². The molecule has 1 rings (SSSR count). The predicted molar refractivity (Wildman–Crippen MR) is 81.0 cm³/mol. The Morgan fingerprint density at radius 1 is 1.35 bits per heavy atom. The number of rotatable bonds is 7. The van der Waals surface area contributed by atoms with Crippen LogP contribution in [0.4, 0.5) is 11.5 Å². The number of methoxy groups -OCH3 is 1. The SMILES string of the molecule is CCCN(CCN(C)C)c1cc(C(=O)OC)c(N)cn1. The number of likely N-dealkylation sites (N-methyl/N-ethyl adjacent to an activating group) is 1. The summed E-state index contributed by atoms with van der Waals surface area (Å²) in [6.07, 6.45) is 2.52. The van der Waals surface area contributed by atoms with Gasteiger partial charge in [-0.25, -0.2) is 9.78 Å². The lowest BCUT2D eigenvalue weighted by Gasteiger charge is -2.25. The van der Waals surface area contributed by atoms with Crippen molar-refractivity contribution >= 4 is 17.5 Å². The first-order valence-electron chi connectivity index (χ1n) is 6.73. The largest absolute Gasteiger partial charge is 0.465 e. The van der Waals surface area contributed by atoms with Gasteiger partial charge in [-0.15, -0.1) is 0 Å². The van der Waals surface area contributed by atoms with Crippen molar-refractivity contribution in [1.29, 1.82) is 0 Å². The van der Waals surface area contributed by atoms with E-state index in [-0.39, 0.29) is 0 Å². The van der Waals surface area contributed by atoms with Gasteiger partial charge >= 0.3 is 5.97 Å². The minimum Gasteiger partial charge on any atom is -0.465 e. The van der Waals surface area contributed by atoms with Gasteiger partial charge in [0, 0.05) is 19.6 Å². The van der Waals surface area contributed by atoms with E-state index in [1.807, 2.05) is 14.1 Å². The Balaban J connectivity index is 2.98. The fourth-order valence-corrected chi connectivity index (χ4v) is 1.85. The maximum Gasteiger partial charge on any atom is 0.340 e. The first-order valence-corrected chi connectivity index (χ1v) is 6.73. The van der Waals surface area contributed by atoms with Gasteiger partial charge in [0.05, 0.1) is 24.6 Å². The van der Waals surface area contributed by atoms with Crippen LogP contribution in [-0.4, -0.2) is 56.7 Å². The normalized spacial score (nSPS) is 10.7. The van der Waals surface area contributed by atoms with Crippen LogP contribution in [0.3, 0.4) is 0 Å². The molecule has 0 fully saturated rings. The van der Waals surface area contributed by atoms with Crippen LogP contribution in [0.15, 0.2) is 12.3 Å². The molecular weight excluding hydrogens is 256 g/mol. The summed E-state index contributed by atoms with van der Waals surface area (Å²) in [6, 6.07) is 1.70. The molecule has 0 saturated carbocycles. The van der Waals surface area contributed by atoms with Gasteiger partial charge in [0.15, 0.2) is 0 Å². The predicted octanol–water partition coefficient (Wildman–Crippen LogP) is 1.23. The fourth-order valence-electron chi connectivity index (χ4n) is 1.85. The van der Waals surface area contributed by atoms with Crippen molar-refractivity contribution in [3.05, 3.63) is 17.8 Å². The first kappa shape index (κ1) is 16.2. The number of nitrogens with two attached hydrogens (primary N) is 1. The molecule has 0 atom stereocenters. The molecular formula is C14H24N4O2. The fraction of sp³-hybridized carbons (Fsp3) is 0.571. The van der Waals surface area contributed by atoms with E-state index in [9.17, 15) is 4.79 Å². The number of hydrogen-bond donors (Lipinski definition) is 1. The number of ether oxygens (including phenoxy) is 1. The number of pyridine rings is 1. The Hall–Kier alpha value is -1.82. The van der Waals surface area contributed by atoms with E-state index < -0.39 is 5.97 Å². The van der Waals surface area contributed by atoms with Crippen molar-refractivity contribution in [2.24, 2.45) is 0 Å². The van der Waals surface area contributed by atoms with Gasteiger partial charge in [0.1, 0.15) is 5.82 Å². The maximum atomic E-state index is 11.7. The van der Waals surface area contributed by atoms with Gasteiger partial charge in [-0.05, 0) is 26.6 Å². The molecule has 6 heteroatoms. The molecule has 1 heterocycles. The van der Waals surface area contributed by atoms with E-state index >= 15 is 0 Å².